The summed E-state index contributed by atoms with van der Waals surface area (Å²) in [5, 5.41) is 9.73. The maximum atomic E-state index is 11.8. The van der Waals surface area contributed by atoms with Gasteiger partial charge in [-0.05, 0) is 24.5 Å². The van der Waals surface area contributed by atoms with Crippen molar-refractivity contribution in [1.29, 1.82) is 0 Å². The molecule has 1 heterocycles. The monoisotopic (exact) mass is 258 g/mol. The molecule has 1 saturated carbocycles. The molecule has 1 aliphatic carbocycles. The largest absolute Gasteiger partial charge is 0.481 e. The first-order chi connectivity index (χ1) is 9.24. The molecule has 4 heteroatoms. The minimum Gasteiger partial charge on any atom is -0.481 e. The van der Waals surface area contributed by atoms with Gasteiger partial charge in [0.2, 0.25) is 0 Å². The molecule has 100 valence electrons. The Morgan fingerprint density at radius 1 is 1.26 bits per heavy atom. The zero-order valence-electron chi connectivity index (χ0n) is 10.9. The van der Waals surface area contributed by atoms with Crippen molar-refractivity contribution in [3.8, 4) is 0 Å². The molecule has 2 aliphatic rings. The summed E-state index contributed by atoms with van der Waals surface area (Å²) in [6.45, 7) is 1.63. The number of carbonyl (C=O) groups is 1. The summed E-state index contributed by atoms with van der Waals surface area (Å²) in [6.07, 6.45) is 5.29. The van der Waals surface area contributed by atoms with E-state index in [4.69, 9.17) is 0 Å². The third kappa shape index (κ3) is 1.91. The first-order valence-corrected chi connectivity index (χ1v) is 6.83. The van der Waals surface area contributed by atoms with E-state index in [2.05, 4.69) is 9.89 Å². The minimum atomic E-state index is -0.701. The summed E-state index contributed by atoms with van der Waals surface area (Å²) in [6, 6.07) is 7.89. The van der Waals surface area contributed by atoms with Crippen molar-refractivity contribution in [3.63, 3.8) is 0 Å². The van der Waals surface area contributed by atoms with E-state index >= 15 is 0 Å². The Morgan fingerprint density at radius 3 is 2.63 bits per heavy atom. The molecular weight excluding hydrogens is 240 g/mol. The summed E-state index contributed by atoms with van der Waals surface area (Å²) in [4.78, 5) is 18.1. The molecule has 1 aromatic rings. The number of nitrogens with zero attached hydrogens (tertiary/aromatic N) is 2. The number of aliphatic imine (C=N–C) groups is 1. The average Bonchev–Trinajstić information content (AvgIpc) is 3.11. The lowest BCUT2D eigenvalue weighted by molar-refractivity contribution is -0.143. The number of carboxylic acids is 1. The van der Waals surface area contributed by atoms with Gasteiger partial charge in [0.1, 0.15) is 0 Å². The normalized spacial score (nSPS) is 20.9. The molecule has 19 heavy (non-hydrogen) atoms. The van der Waals surface area contributed by atoms with E-state index in [-0.39, 0.29) is 0 Å². The van der Waals surface area contributed by atoms with Crippen LogP contribution in [0.3, 0.4) is 0 Å². The lowest BCUT2D eigenvalue weighted by Gasteiger charge is -2.29. The summed E-state index contributed by atoms with van der Waals surface area (Å²) in [5.41, 5.74) is 1.26. The van der Waals surface area contributed by atoms with Gasteiger partial charge in [0, 0.05) is 12.2 Å². The van der Waals surface area contributed by atoms with Crippen LogP contribution in [0.2, 0.25) is 0 Å². The number of carboxylic acid groups (broad SMARTS) is 1. The van der Waals surface area contributed by atoms with Crippen LogP contribution in [-0.2, 0) is 10.2 Å². The minimum absolute atomic E-state index is 0.686. The van der Waals surface area contributed by atoms with Crippen molar-refractivity contribution < 1.29 is 9.90 Å². The van der Waals surface area contributed by atoms with E-state index in [0.29, 0.717) is 0 Å². The zero-order valence-corrected chi connectivity index (χ0v) is 10.9. The standard InChI is InChI=1S/C15H18N2O2/c18-14(19)15(7-3-4-8-15)12-5-1-2-6-13(12)17-10-9-16-11-17/h1-2,5-6,11H,3-4,7-10H2,(H,18,19). The summed E-state index contributed by atoms with van der Waals surface area (Å²) in [7, 11) is 0. The lowest BCUT2D eigenvalue weighted by Crippen LogP contribution is -2.35. The van der Waals surface area contributed by atoms with E-state index < -0.39 is 11.4 Å². The second kappa shape index (κ2) is 4.68. The van der Waals surface area contributed by atoms with E-state index in [1.165, 1.54) is 0 Å². The predicted molar refractivity (Wildman–Crippen MR) is 74.9 cm³/mol. The lowest BCUT2D eigenvalue weighted by atomic mass is 9.78. The predicted octanol–water partition coefficient (Wildman–Crippen LogP) is 2.43. The quantitative estimate of drug-likeness (QED) is 0.906. The van der Waals surface area contributed by atoms with Gasteiger partial charge in [-0.2, -0.15) is 0 Å². The Labute approximate surface area is 112 Å². The third-order valence-electron chi connectivity index (χ3n) is 4.29. The number of hydrogen-bond acceptors (Lipinski definition) is 3. The smallest absolute Gasteiger partial charge is 0.314 e. The van der Waals surface area contributed by atoms with Crippen molar-refractivity contribution >= 4 is 18.0 Å². The fourth-order valence-corrected chi connectivity index (χ4v) is 3.27. The molecule has 0 radical (unpaired) electrons. The van der Waals surface area contributed by atoms with Crippen molar-refractivity contribution in [2.75, 3.05) is 18.0 Å². The Kier molecular flexibility index (Phi) is 3.01. The van der Waals surface area contributed by atoms with Crippen LogP contribution >= 0.6 is 0 Å². The molecule has 1 fully saturated rings. The molecule has 1 aliphatic heterocycles. The Bertz CT molecular complexity index is 519. The van der Waals surface area contributed by atoms with Gasteiger partial charge in [-0.3, -0.25) is 9.79 Å². The molecule has 1 N–H and O–H groups in total. The highest BCUT2D eigenvalue weighted by Gasteiger charge is 2.44. The Balaban J connectivity index is 2.08. The molecule has 0 aromatic heterocycles. The highest BCUT2D eigenvalue weighted by atomic mass is 16.4. The SMILES string of the molecule is O=C(O)C1(c2ccccc2N2C=NCC2)CCCC1. The number of rotatable bonds is 3. The van der Waals surface area contributed by atoms with Crippen LogP contribution in [-0.4, -0.2) is 30.5 Å². The van der Waals surface area contributed by atoms with Crippen molar-refractivity contribution in [1.82, 2.24) is 0 Å². The molecule has 0 atom stereocenters. The van der Waals surface area contributed by atoms with Gasteiger partial charge < -0.3 is 10.0 Å². The first-order valence-electron chi connectivity index (χ1n) is 6.83. The van der Waals surface area contributed by atoms with Gasteiger partial charge in [-0.15, -0.1) is 0 Å². The highest BCUT2D eigenvalue weighted by Crippen LogP contribution is 2.45. The van der Waals surface area contributed by atoms with E-state index in [1.807, 2.05) is 30.6 Å². The Hall–Kier alpha value is -1.84. The third-order valence-corrected chi connectivity index (χ3v) is 4.29. The van der Waals surface area contributed by atoms with Crippen LogP contribution in [0.1, 0.15) is 31.2 Å². The van der Waals surface area contributed by atoms with Gasteiger partial charge >= 0.3 is 5.97 Å². The molecule has 4 nitrogen and oxygen atoms in total. The van der Waals surface area contributed by atoms with Crippen LogP contribution in [0.15, 0.2) is 29.3 Å². The average molecular weight is 258 g/mol. The van der Waals surface area contributed by atoms with Gasteiger partial charge in [-0.25, -0.2) is 0 Å². The van der Waals surface area contributed by atoms with Crippen LogP contribution in [0.25, 0.3) is 0 Å². The van der Waals surface area contributed by atoms with Crippen LogP contribution < -0.4 is 4.90 Å². The van der Waals surface area contributed by atoms with E-state index in [9.17, 15) is 9.90 Å². The second-order valence-corrected chi connectivity index (χ2v) is 5.33. The molecular formula is C15H18N2O2. The fraction of sp³-hybridized carbons (Fsp3) is 0.467. The number of anilines is 1. The zero-order chi connectivity index (χ0) is 13.3. The van der Waals surface area contributed by atoms with Crippen LogP contribution in [0.5, 0.6) is 0 Å². The molecule has 0 unspecified atom stereocenters. The van der Waals surface area contributed by atoms with Gasteiger partial charge in [-0.1, -0.05) is 31.0 Å². The topological polar surface area (TPSA) is 52.9 Å². The summed E-state index contributed by atoms with van der Waals surface area (Å²) >= 11 is 0. The first kappa shape index (κ1) is 12.2. The number of benzene rings is 1. The van der Waals surface area contributed by atoms with E-state index in [1.54, 1.807) is 0 Å². The van der Waals surface area contributed by atoms with Gasteiger partial charge in [0.25, 0.3) is 0 Å². The fourth-order valence-electron chi connectivity index (χ4n) is 3.27. The molecule has 0 bridgehead atoms. The summed E-state index contributed by atoms with van der Waals surface area (Å²) in [5.74, 6) is -0.686. The molecule has 1 aromatic carbocycles. The number of aliphatic carboxylic acids is 1. The molecule has 3 rings (SSSR count). The summed E-state index contributed by atoms with van der Waals surface area (Å²) < 4.78 is 0. The Morgan fingerprint density at radius 2 is 2.00 bits per heavy atom. The molecule has 0 amide bonds. The molecule has 0 saturated heterocycles. The number of para-hydroxylation sites is 1. The molecule has 0 spiro atoms. The second-order valence-electron chi connectivity index (χ2n) is 5.33. The van der Waals surface area contributed by atoms with Crippen molar-refractivity contribution in [2.45, 2.75) is 31.1 Å². The maximum Gasteiger partial charge on any atom is 0.314 e. The van der Waals surface area contributed by atoms with Crippen LogP contribution in [0.4, 0.5) is 5.69 Å². The van der Waals surface area contributed by atoms with E-state index in [0.717, 1.165) is 50.0 Å². The van der Waals surface area contributed by atoms with Crippen molar-refractivity contribution in [3.05, 3.63) is 29.8 Å². The van der Waals surface area contributed by atoms with Crippen molar-refractivity contribution in [2.24, 2.45) is 4.99 Å². The van der Waals surface area contributed by atoms with Gasteiger partial charge in [0.05, 0.1) is 18.3 Å². The van der Waals surface area contributed by atoms with Gasteiger partial charge in [0.15, 0.2) is 0 Å². The number of hydrogen-bond donors (Lipinski definition) is 1. The van der Waals surface area contributed by atoms with Crippen LogP contribution in [0, 0.1) is 0 Å². The highest BCUT2D eigenvalue weighted by molar-refractivity contribution is 5.89. The maximum absolute atomic E-state index is 11.8.